The van der Waals surface area contributed by atoms with E-state index in [2.05, 4.69) is 51.6 Å². The van der Waals surface area contributed by atoms with E-state index in [1.54, 1.807) is 0 Å². The lowest BCUT2D eigenvalue weighted by Crippen LogP contribution is -2.30. The molecule has 1 saturated carbocycles. The molecule has 1 aliphatic rings. The van der Waals surface area contributed by atoms with Crippen LogP contribution in [-0.4, -0.2) is 12.4 Å². The molecule has 1 fully saturated rings. The van der Waals surface area contributed by atoms with Crippen LogP contribution in [0.2, 0.25) is 0 Å². The molecular weight excluding hydrogens is 276 g/mol. The van der Waals surface area contributed by atoms with E-state index < -0.39 is 0 Å². The van der Waals surface area contributed by atoms with Crippen molar-refractivity contribution < 1.29 is 4.74 Å². The molecule has 0 aliphatic heterocycles. The predicted octanol–water partition coefficient (Wildman–Crippen LogP) is 5.77. The molecule has 0 heterocycles. The van der Waals surface area contributed by atoms with Crippen molar-refractivity contribution in [2.75, 3.05) is 12.4 Å². The van der Waals surface area contributed by atoms with Crippen LogP contribution in [-0.2, 0) is 0 Å². The second-order valence-electron chi connectivity index (χ2n) is 7.04. The third-order valence-corrected chi connectivity index (χ3v) is 5.58. The van der Waals surface area contributed by atoms with Crippen LogP contribution in [0, 0.1) is 12.3 Å². The Morgan fingerprint density at radius 3 is 2.38 bits per heavy atom. The summed E-state index contributed by atoms with van der Waals surface area (Å²) in [6.07, 6.45) is 7.93. The van der Waals surface area contributed by atoms with Crippen molar-refractivity contribution in [2.24, 2.45) is 5.41 Å². The number of rotatable bonds is 5. The topological polar surface area (TPSA) is 9.23 Å². The minimum Gasteiger partial charge on any atom is -0.493 e. The zero-order valence-electron chi connectivity index (χ0n) is 13.8. The third kappa shape index (κ3) is 4.42. The van der Waals surface area contributed by atoms with Crippen LogP contribution in [0.1, 0.15) is 69.4 Å². The highest BCUT2D eigenvalue weighted by atomic mass is 32.1. The second kappa shape index (κ2) is 7.58. The van der Waals surface area contributed by atoms with Gasteiger partial charge in [0.25, 0.3) is 0 Å². The van der Waals surface area contributed by atoms with E-state index in [-0.39, 0.29) is 5.41 Å². The van der Waals surface area contributed by atoms with Crippen LogP contribution >= 0.6 is 12.6 Å². The molecule has 0 N–H and O–H groups in total. The molecule has 2 heteroatoms. The molecule has 0 spiro atoms. The van der Waals surface area contributed by atoms with Crippen molar-refractivity contribution in [3.05, 3.63) is 29.3 Å². The molecule has 0 radical (unpaired) electrons. The molecule has 1 aliphatic carbocycles. The fourth-order valence-corrected chi connectivity index (χ4v) is 3.60. The number of aryl methyl sites for hydroxylation is 1. The normalized spacial score (nSPS) is 18.5. The molecule has 0 unspecified atom stereocenters. The van der Waals surface area contributed by atoms with E-state index >= 15 is 0 Å². The predicted molar refractivity (Wildman–Crippen MR) is 94.8 cm³/mol. The van der Waals surface area contributed by atoms with Crippen LogP contribution in [0.25, 0.3) is 0 Å². The maximum absolute atomic E-state index is 6.27. The van der Waals surface area contributed by atoms with Gasteiger partial charge in [-0.05, 0) is 48.6 Å². The van der Waals surface area contributed by atoms with Crippen molar-refractivity contribution >= 4 is 12.6 Å². The lowest BCUT2D eigenvalue weighted by atomic mass is 9.83. The Morgan fingerprint density at radius 1 is 1.14 bits per heavy atom. The first kappa shape index (κ1) is 16.7. The van der Waals surface area contributed by atoms with Crippen molar-refractivity contribution in [1.82, 2.24) is 0 Å². The summed E-state index contributed by atoms with van der Waals surface area (Å²) in [5, 5.41) is 0. The summed E-state index contributed by atoms with van der Waals surface area (Å²) in [7, 11) is 0. The summed E-state index contributed by atoms with van der Waals surface area (Å²) in [5.41, 5.74) is 2.87. The molecule has 0 saturated heterocycles. The lowest BCUT2D eigenvalue weighted by molar-refractivity contribution is 0.147. The highest BCUT2D eigenvalue weighted by Gasteiger charge is 2.30. The summed E-state index contributed by atoms with van der Waals surface area (Å²) < 4.78 is 6.27. The minimum absolute atomic E-state index is 0.278. The van der Waals surface area contributed by atoms with Crippen molar-refractivity contribution in [3.63, 3.8) is 0 Å². The number of hydrogen-bond acceptors (Lipinski definition) is 2. The number of hydrogen-bond donors (Lipinski definition) is 1. The molecule has 118 valence electrons. The lowest BCUT2D eigenvalue weighted by Gasteiger charge is -2.31. The Morgan fingerprint density at radius 2 is 1.81 bits per heavy atom. The summed E-state index contributed by atoms with van der Waals surface area (Å²) in [6, 6.07) is 6.63. The molecule has 1 nitrogen and oxygen atoms in total. The van der Waals surface area contributed by atoms with Crippen LogP contribution in [0.3, 0.4) is 0 Å². The third-order valence-electron chi connectivity index (χ3n) is 4.91. The second-order valence-corrected chi connectivity index (χ2v) is 7.36. The van der Waals surface area contributed by atoms with Gasteiger partial charge in [0.15, 0.2) is 0 Å². The smallest absolute Gasteiger partial charge is 0.122 e. The van der Waals surface area contributed by atoms with Crippen LogP contribution in [0.15, 0.2) is 18.2 Å². The summed E-state index contributed by atoms with van der Waals surface area (Å²) >= 11 is 4.64. The summed E-state index contributed by atoms with van der Waals surface area (Å²) in [4.78, 5) is 0. The van der Waals surface area contributed by atoms with E-state index in [4.69, 9.17) is 4.74 Å². The van der Waals surface area contributed by atoms with Gasteiger partial charge in [-0.15, -0.1) is 0 Å². The Kier molecular flexibility index (Phi) is 6.04. The van der Waals surface area contributed by atoms with Gasteiger partial charge in [-0.3, -0.25) is 0 Å². The Bertz CT molecular complexity index is 445. The zero-order chi connectivity index (χ0) is 15.3. The fourth-order valence-electron chi connectivity index (χ4n) is 3.19. The molecule has 1 aromatic carbocycles. The Hall–Kier alpha value is -0.630. The molecule has 2 rings (SSSR count). The van der Waals surface area contributed by atoms with Crippen LogP contribution in [0.4, 0.5) is 0 Å². The Labute approximate surface area is 135 Å². The van der Waals surface area contributed by atoms with Gasteiger partial charge in [-0.2, -0.15) is 12.6 Å². The zero-order valence-corrected chi connectivity index (χ0v) is 14.7. The van der Waals surface area contributed by atoms with Crippen LogP contribution in [0.5, 0.6) is 5.75 Å². The standard InChI is InChI=1S/C19H30OS/c1-15(2)17-9-8-16(3)18(12-17)20-13-19(14-21)10-6-4-5-7-11-19/h8-9,12,15,21H,4-7,10-11,13-14H2,1-3H3. The molecule has 0 bridgehead atoms. The molecule has 0 amide bonds. The SMILES string of the molecule is Cc1ccc(C(C)C)cc1OCC1(CS)CCCCCC1. The van der Waals surface area contributed by atoms with Gasteiger partial charge in [0.2, 0.25) is 0 Å². The van der Waals surface area contributed by atoms with E-state index in [1.807, 2.05) is 0 Å². The highest BCUT2D eigenvalue weighted by Crippen LogP contribution is 2.37. The molecule has 1 aromatic rings. The fraction of sp³-hybridized carbons (Fsp3) is 0.684. The minimum atomic E-state index is 0.278. The first-order valence-corrected chi connectivity index (χ1v) is 9.04. The first-order valence-electron chi connectivity index (χ1n) is 8.40. The van der Waals surface area contributed by atoms with Gasteiger partial charge >= 0.3 is 0 Å². The highest BCUT2D eigenvalue weighted by molar-refractivity contribution is 7.80. The van der Waals surface area contributed by atoms with Gasteiger partial charge in [0, 0.05) is 5.41 Å². The maximum atomic E-state index is 6.27. The molecule has 0 aromatic heterocycles. The van der Waals surface area contributed by atoms with Gasteiger partial charge in [-0.1, -0.05) is 51.7 Å². The van der Waals surface area contributed by atoms with E-state index in [1.165, 1.54) is 49.7 Å². The van der Waals surface area contributed by atoms with E-state index in [0.717, 1.165) is 18.1 Å². The van der Waals surface area contributed by atoms with E-state index in [9.17, 15) is 0 Å². The number of benzene rings is 1. The van der Waals surface area contributed by atoms with Gasteiger partial charge in [0.1, 0.15) is 5.75 Å². The van der Waals surface area contributed by atoms with Crippen molar-refractivity contribution in [3.8, 4) is 5.75 Å². The van der Waals surface area contributed by atoms with Crippen molar-refractivity contribution in [1.29, 1.82) is 0 Å². The largest absolute Gasteiger partial charge is 0.493 e. The average Bonchev–Trinajstić information content (AvgIpc) is 2.72. The molecule has 0 atom stereocenters. The summed E-state index contributed by atoms with van der Waals surface area (Å²) in [5.74, 6) is 2.55. The van der Waals surface area contributed by atoms with E-state index in [0.29, 0.717) is 5.92 Å². The van der Waals surface area contributed by atoms with Crippen molar-refractivity contribution in [2.45, 2.75) is 65.2 Å². The Balaban J connectivity index is 2.08. The van der Waals surface area contributed by atoms with Gasteiger partial charge in [0.05, 0.1) is 6.61 Å². The average molecular weight is 307 g/mol. The van der Waals surface area contributed by atoms with Gasteiger partial charge < -0.3 is 4.74 Å². The van der Waals surface area contributed by atoms with Gasteiger partial charge in [-0.25, -0.2) is 0 Å². The molecular formula is C19H30OS. The van der Waals surface area contributed by atoms with Crippen LogP contribution < -0.4 is 4.74 Å². The number of thiol groups is 1. The molecule has 21 heavy (non-hydrogen) atoms. The first-order chi connectivity index (χ1) is 10.1. The summed E-state index contributed by atoms with van der Waals surface area (Å²) in [6.45, 7) is 7.42. The number of ether oxygens (including phenoxy) is 1. The quantitative estimate of drug-likeness (QED) is 0.537. The monoisotopic (exact) mass is 306 g/mol. The maximum Gasteiger partial charge on any atom is 0.122 e.